The average Bonchev–Trinajstić information content (AvgIpc) is 3.45. The van der Waals surface area contributed by atoms with Gasteiger partial charge in [0.05, 0.1) is 12.0 Å². The SMILES string of the molecule is CC1(C)CCC(N(C=O)C2CCN(C(=O)C3CCN(C(C)(C)C)C3)C2)CC1.Fc1cccc(F)c1. The van der Waals surface area contributed by atoms with E-state index in [4.69, 9.17) is 0 Å². The predicted octanol–water partition coefficient (Wildman–Crippen LogP) is 5.10. The lowest BCUT2D eigenvalue weighted by Crippen LogP contribution is -2.47. The molecule has 2 atom stereocenters. The van der Waals surface area contributed by atoms with Crippen molar-refractivity contribution < 1.29 is 18.4 Å². The second-order valence-corrected chi connectivity index (χ2v) is 12.2. The molecule has 2 aliphatic heterocycles. The molecule has 0 bridgehead atoms. The third-order valence-corrected chi connectivity index (χ3v) is 8.02. The minimum Gasteiger partial charge on any atom is -0.340 e. The van der Waals surface area contributed by atoms with E-state index >= 15 is 0 Å². The summed E-state index contributed by atoms with van der Waals surface area (Å²) in [6, 6.07) is 5.12. The third kappa shape index (κ3) is 7.48. The van der Waals surface area contributed by atoms with Gasteiger partial charge in [-0.15, -0.1) is 0 Å². The number of hydrogen-bond acceptors (Lipinski definition) is 3. The minimum absolute atomic E-state index is 0.128. The maximum Gasteiger partial charge on any atom is 0.227 e. The van der Waals surface area contributed by atoms with Crippen LogP contribution in [0.5, 0.6) is 0 Å². The fourth-order valence-electron chi connectivity index (χ4n) is 5.63. The molecule has 0 spiro atoms. The zero-order valence-electron chi connectivity index (χ0n) is 22.1. The van der Waals surface area contributed by atoms with E-state index < -0.39 is 11.6 Å². The van der Waals surface area contributed by atoms with Gasteiger partial charge in [-0.3, -0.25) is 14.5 Å². The highest BCUT2D eigenvalue weighted by Gasteiger charge is 2.40. The second kappa shape index (κ2) is 11.4. The highest BCUT2D eigenvalue weighted by atomic mass is 19.1. The molecule has 7 heteroatoms. The van der Waals surface area contributed by atoms with E-state index in [2.05, 4.69) is 44.4 Å². The summed E-state index contributed by atoms with van der Waals surface area (Å²) < 4.78 is 23.9. The predicted molar refractivity (Wildman–Crippen MR) is 135 cm³/mol. The van der Waals surface area contributed by atoms with Crippen LogP contribution >= 0.6 is 0 Å². The molecule has 2 amide bonds. The molecule has 5 nitrogen and oxygen atoms in total. The first-order chi connectivity index (χ1) is 16.4. The lowest BCUT2D eigenvalue weighted by Gasteiger charge is -2.41. The summed E-state index contributed by atoms with van der Waals surface area (Å²) in [6.07, 6.45) is 7.51. The third-order valence-electron chi connectivity index (χ3n) is 8.02. The molecule has 3 fully saturated rings. The Morgan fingerprint density at radius 2 is 1.63 bits per heavy atom. The van der Waals surface area contributed by atoms with Gasteiger partial charge in [-0.2, -0.15) is 0 Å². The number of hydrogen-bond donors (Lipinski definition) is 0. The van der Waals surface area contributed by atoms with Crippen LogP contribution in [0.1, 0.15) is 73.1 Å². The van der Waals surface area contributed by atoms with Gasteiger partial charge >= 0.3 is 0 Å². The standard InChI is InChI=1S/C22H39N3O2.C6H4F2/c1-21(2,3)24-13-8-17(14-24)20(27)23-12-9-19(15-23)25(16-26)18-6-10-22(4,5)11-7-18;7-5-2-1-3-6(8)4-5/h16-19H,6-15H2,1-5H3;1-4H. The molecular formula is C28H43F2N3O2. The Hall–Kier alpha value is -2.02. The van der Waals surface area contributed by atoms with Crippen LogP contribution in [0.2, 0.25) is 0 Å². The van der Waals surface area contributed by atoms with Crippen LogP contribution in [-0.4, -0.2) is 70.8 Å². The summed E-state index contributed by atoms with van der Waals surface area (Å²) in [7, 11) is 0. The largest absolute Gasteiger partial charge is 0.340 e. The van der Waals surface area contributed by atoms with Crippen molar-refractivity contribution in [1.29, 1.82) is 0 Å². The van der Waals surface area contributed by atoms with E-state index in [1.54, 1.807) is 0 Å². The molecule has 3 aliphatic rings. The molecular weight excluding hydrogens is 448 g/mol. The van der Waals surface area contributed by atoms with E-state index in [1.165, 1.54) is 31.0 Å². The summed E-state index contributed by atoms with van der Waals surface area (Å²) >= 11 is 0. The first-order valence-electron chi connectivity index (χ1n) is 13.1. The molecule has 2 unspecified atom stereocenters. The van der Waals surface area contributed by atoms with Crippen molar-refractivity contribution in [1.82, 2.24) is 14.7 Å². The zero-order valence-corrected chi connectivity index (χ0v) is 22.1. The fraction of sp³-hybridized carbons (Fsp3) is 0.714. The lowest BCUT2D eigenvalue weighted by molar-refractivity contribution is -0.135. The Morgan fingerprint density at radius 3 is 2.11 bits per heavy atom. The van der Waals surface area contributed by atoms with E-state index in [-0.39, 0.29) is 17.5 Å². The highest BCUT2D eigenvalue weighted by Crippen LogP contribution is 2.38. The van der Waals surface area contributed by atoms with E-state index in [1.807, 2.05) is 4.90 Å². The number of carbonyl (C=O) groups excluding carboxylic acids is 2. The van der Waals surface area contributed by atoms with Gasteiger partial charge in [-0.05, 0) is 83.4 Å². The number of rotatable bonds is 4. The number of carbonyl (C=O) groups is 2. The van der Waals surface area contributed by atoms with Crippen molar-refractivity contribution in [3.05, 3.63) is 35.9 Å². The number of halogens is 2. The highest BCUT2D eigenvalue weighted by molar-refractivity contribution is 5.79. The molecule has 1 aliphatic carbocycles. The van der Waals surface area contributed by atoms with Crippen LogP contribution in [0.15, 0.2) is 24.3 Å². The van der Waals surface area contributed by atoms with Crippen LogP contribution in [0.25, 0.3) is 0 Å². The monoisotopic (exact) mass is 491 g/mol. The van der Waals surface area contributed by atoms with Crippen LogP contribution in [0, 0.1) is 23.0 Å². The van der Waals surface area contributed by atoms with Gasteiger partial charge in [0, 0.05) is 37.3 Å². The molecule has 196 valence electrons. The molecule has 1 aromatic carbocycles. The Kier molecular flexibility index (Phi) is 8.95. The summed E-state index contributed by atoms with van der Waals surface area (Å²) in [5.74, 6) is -0.641. The van der Waals surface area contributed by atoms with Crippen LogP contribution in [-0.2, 0) is 9.59 Å². The molecule has 0 radical (unpaired) electrons. The minimum atomic E-state index is -0.537. The van der Waals surface area contributed by atoms with Gasteiger partial charge in [0.2, 0.25) is 12.3 Å². The van der Waals surface area contributed by atoms with Crippen molar-refractivity contribution in [3.8, 4) is 0 Å². The summed E-state index contributed by atoms with van der Waals surface area (Å²) in [5, 5.41) is 0. The summed E-state index contributed by atoms with van der Waals surface area (Å²) in [6.45, 7) is 14.7. The van der Waals surface area contributed by atoms with Crippen molar-refractivity contribution in [3.63, 3.8) is 0 Å². The molecule has 1 aromatic rings. The van der Waals surface area contributed by atoms with Crippen molar-refractivity contribution in [2.45, 2.75) is 90.8 Å². The number of amides is 2. The Labute approximate surface area is 209 Å². The molecule has 2 heterocycles. The maximum atomic E-state index is 13.0. The van der Waals surface area contributed by atoms with Gasteiger partial charge in [-0.25, -0.2) is 8.78 Å². The topological polar surface area (TPSA) is 43.9 Å². The van der Waals surface area contributed by atoms with Crippen LogP contribution in [0.3, 0.4) is 0 Å². The molecule has 1 saturated carbocycles. The normalized spacial score (nSPS) is 25.2. The van der Waals surface area contributed by atoms with Crippen LogP contribution in [0.4, 0.5) is 8.78 Å². The Bertz CT molecular complexity index is 843. The first-order valence-corrected chi connectivity index (χ1v) is 13.1. The molecule has 4 rings (SSSR count). The average molecular weight is 492 g/mol. The number of nitrogens with zero attached hydrogens (tertiary/aromatic N) is 3. The van der Waals surface area contributed by atoms with Gasteiger partial charge in [0.15, 0.2) is 0 Å². The smallest absolute Gasteiger partial charge is 0.227 e. The van der Waals surface area contributed by atoms with E-state index in [9.17, 15) is 18.4 Å². The molecule has 2 saturated heterocycles. The van der Waals surface area contributed by atoms with Crippen molar-refractivity contribution in [2.24, 2.45) is 11.3 Å². The quantitative estimate of drug-likeness (QED) is 0.551. The van der Waals surface area contributed by atoms with Gasteiger partial charge in [-0.1, -0.05) is 19.9 Å². The van der Waals surface area contributed by atoms with Crippen molar-refractivity contribution >= 4 is 12.3 Å². The molecule has 35 heavy (non-hydrogen) atoms. The lowest BCUT2D eigenvalue weighted by atomic mass is 9.75. The summed E-state index contributed by atoms with van der Waals surface area (Å²) in [4.78, 5) is 31.4. The molecule has 0 N–H and O–H groups in total. The van der Waals surface area contributed by atoms with Crippen LogP contribution < -0.4 is 0 Å². The number of benzene rings is 1. The Balaban J connectivity index is 0.000000363. The van der Waals surface area contributed by atoms with Crippen molar-refractivity contribution in [2.75, 3.05) is 26.2 Å². The van der Waals surface area contributed by atoms with E-state index in [0.717, 1.165) is 64.3 Å². The maximum absolute atomic E-state index is 13.0. The fourth-order valence-corrected chi connectivity index (χ4v) is 5.63. The first kappa shape index (κ1) is 27.6. The summed E-state index contributed by atoms with van der Waals surface area (Å²) in [5.41, 5.74) is 0.537. The zero-order chi connectivity index (χ0) is 25.8. The van der Waals surface area contributed by atoms with Gasteiger partial charge < -0.3 is 9.80 Å². The Morgan fingerprint density at radius 1 is 1.00 bits per heavy atom. The number of likely N-dealkylation sites (tertiary alicyclic amines) is 2. The second-order valence-electron chi connectivity index (χ2n) is 12.2. The van der Waals surface area contributed by atoms with E-state index in [0.29, 0.717) is 17.4 Å². The van der Waals surface area contributed by atoms with Gasteiger partial charge in [0.1, 0.15) is 11.6 Å². The molecule has 0 aromatic heterocycles. The van der Waals surface area contributed by atoms with Gasteiger partial charge in [0.25, 0.3) is 0 Å².